The first kappa shape index (κ1) is 11.3. The van der Waals surface area contributed by atoms with Gasteiger partial charge >= 0.3 is 0 Å². The van der Waals surface area contributed by atoms with Crippen molar-refractivity contribution in [3.8, 4) is 10.6 Å². The first-order chi connectivity index (χ1) is 7.97. The van der Waals surface area contributed by atoms with Crippen LogP contribution in [0.1, 0.15) is 12.8 Å². The van der Waals surface area contributed by atoms with E-state index in [0.717, 1.165) is 18.2 Å². The molecule has 0 atom stereocenters. The molecule has 0 amide bonds. The van der Waals surface area contributed by atoms with Crippen molar-refractivity contribution in [2.45, 2.75) is 12.8 Å². The quantitative estimate of drug-likeness (QED) is 0.750. The summed E-state index contributed by atoms with van der Waals surface area (Å²) >= 11 is 1.66. The van der Waals surface area contributed by atoms with Crippen LogP contribution in [-0.2, 0) is 4.74 Å². The third-order valence-electron chi connectivity index (χ3n) is 2.28. The van der Waals surface area contributed by atoms with Crippen LogP contribution in [0.25, 0.3) is 10.6 Å². The van der Waals surface area contributed by atoms with E-state index in [4.69, 9.17) is 4.74 Å². The molecule has 2 aromatic rings. The van der Waals surface area contributed by atoms with Crippen LogP contribution < -0.4 is 0 Å². The second-order valence-electron chi connectivity index (χ2n) is 3.52. The summed E-state index contributed by atoms with van der Waals surface area (Å²) in [6.45, 7) is 2.00. The first-order valence-corrected chi connectivity index (χ1v) is 6.37. The van der Waals surface area contributed by atoms with Gasteiger partial charge in [-0.25, -0.2) is 4.98 Å². The molecule has 84 valence electrons. The van der Waals surface area contributed by atoms with E-state index in [2.05, 4.69) is 17.1 Å². The van der Waals surface area contributed by atoms with Crippen molar-refractivity contribution in [1.82, 2.24) is 4.98 Å². The predicted octanol–water partition coefficient (Wildman–Crippen LogP) is 3.61. The Bertz CT molecular complexity index is 374. The van der Waals surface area contributed by atoms with Gasteiger partial charge in [0.1, 0.15) is 5.01 Å². The van der Waals surface area contributed by atoms with Crippen LogP contribution in [0.2, 0.25) is 0 Å². The summed E-state index contributed by atoms with van der Waals surface area (Å²) in [5.41, 5.74) is 1.20. The molecule has 0 radical (unpaired) electrons. The van der Waals surface area contributed by atoms with Gasteiger partial charge in [-0.15, -0.1) is 11.3 Å². The predicted molar refractivity (Wildman–Crippen MR) is 67.6 cm³/mol. The van der Waals surface area contributed by atoms with Gasteiger partial charge in [0, 0.05) is 30.4 Å². The number of hydrogen-bond donors (Lipinski definition) is 0. The van der Waals surface area contributed by atoms with Crippen LogP contribution in [0.5, 0.6) is 0 Å². The zero-order chi connectivity index (χ0) is 11.1. The Kier molecular flexibility index (Phi) is 4.52. The molecule has 1 aliphatic heterocycles. The van der Waals surface area contributed by atoms with E-state index in [-0.39, 0.29) is 0 Å². The summed E-state index contributed by atoms with van der Waals surface area (Å²) in [6.07, 6.45) is 4.38. The van der Waals surface area contributed by atoms with Crippen molar-refractivity contribution in [3.63, 3.8) is 0 Å². The maximum Gasteiger partial charge on any atom is 0.123 e. The smallest absolute Gasteiger partial charge is 0.123 e. The molecule has 0 saturated carbocycles. The van der Waals surface area contributed by atoms with Crippen molar-refractivity contribution in [2.24, 2.45) is 0 Å². The molecule has 1 fully saturated rings. The highest BCUT2D eigenvalue weighted by molar-refractivity contribution is 7.13. The lowest BCUT2D eigenvalue weighted by molar-refractivity contribution is 0.198. The van der Waals surface area contributed by atoms with E-state index >= 15 is 0 Å². The molecule has 1 aromatic heterocycles. The topological polar surface area (TPSA) is 22.1 Å². The molecule has 0 bridgehead atoms. The Morgan fingerprint density at radius 2 is 1.81 bits per heavy atom. The number of rotatable bonds is 1. The number of thiazole rings is 1. The van der Waals surface area contributed by atoms with Crippen molar-refractivity contribution in [3.05, 3.63) is 41.9 Å². The minimum absolute atomic E-state index is 1.00. The zero-order valence-electron chi connectivity index (χ0n) is 9.13. The third kappa shape index (κ3) is 3.43. The lowest BCUT2D eigenvalue weighted by Gasteiger charge is -1.91. The molecule has 0 unspecified atom stereocenters. The standard InChI is InChI=1S/C9H7NS.C4H8O/c1-2-4-8(5-3-1)9-10-6-7-11-9;1-2-4-5-3-1/h1-7H;1-4H2. The van der Waals surface area contributed by atoms with E-state index in [9.17, 15) is 0 Å². The van der Waals surface area contributed by atoms with Gasteiger partial charge < -0.3 is 4.74 Å². The highest BCUT2D eigenvalue weighted by atomic mass is 32.1. The molecule has 1 saturated heterocycles. The molecule has 0 N–H and O–H groups in total. The van der Waals surface area contributed by atoms with Crippen LogP contribution in [0.3, 0.4) is 0 Å². The Labute approximate surface area is 99.9 Å². The van der Waals surface area contributed by atoms with E-state index < -0.39 is 0 Å². The summed E-state index contributed by atoms with van der Waals surface area (Å²) in [5.74, 6) is 0. The Hall–Kier alpha value is -1.19. The van der Waals surface area contributed by atoms with Crippen LogP contribution in [0.4, 0.5) is 0 Å². The highest BCUT2D eigenvalue weighted by Gasteiger charge is 1.96. The second-order valence-corrected chi connectivity index (χ2v) is 4.42. The fourth-order valence-electron chi connectivity index (χ4n) is 1.46. The van der Waals surface area contributed by atoms with Crippen LogP contribution in [-0.4, -0.2) is 18.2 Å². The minimum atomic E-state index is 1.00. The van der Waals surface area contributed by atoms with Gasteiger partial charge in [0.15, 0.2) is 0 Å². The van der Waals surface area contributed by atoms with Crippen molar-refractivity contribution in [1.29, 1.82) is 0 Å². The van der Waals surface area contributed by atoms with E-state index in [0.29, 0.717) is 0 Å². The van der Waals surface area contributed by atoms with Gasteiger partial charge in [-0.2, -0.15) is 0 Å². The third-order valence-corrected chi connectivity index (χ3v) is 3.10. The summed E-state index contributed by atoms with van der Waals surface area (Å²) in [7, 11) is 0. The van der Waals surface area contributed by atoms with Crippen LogP contribution in [0.15, 0.2) is 41.9 Å². The molecule has 3 rings (SSSR count). The Morgan fingerprint density at radius 1 is 1.06 bits per heavy atom. The summed E-state index contributed by atoms with van der Waals surface area (Å²) < 4.78 is 4.94. The van der Waals surface area contributed by atoms with E-state index in [1.807, 2.05) is 29.8 Å². The van der Waals surface area contributed by atoms with Gasteiger partial charge in [-0.1, -0.05) is 30.3 Å². The zero-order valence-corrected chi connectivity index (χ0v) is 9.95. The average molecular weight is 233 g/mol. The van der Waals surface area contributed by atoms with Gasteiger partial charge in [0.2, 0.25) is 0 Å². The molecule has 3 heteroatoms. The number of aromatic nitrogens is 1. The van der Waals surface area contributed by atoms with E-state index in [1.54, 1.807) is 11.3 Å². The molecule has 1 aliphatic rings. The average Bonchev–Trinajstić information content (AvgIpc) is 3.07. The lowest BCUT2D eigenvalue weighted by Crippen LogP contribution is -1.74. The first-order valence-electron chi connectivity index (χ1n) is 5.49. The second kappa shape index (κ2) is 6.40. The summed E-state index contributed by atoms with van der Waals surface area (Å²) in [6, 6.07) is 10.2. The van der Waals surface area contributed by atoms with E-state index in [1.165, 1.54) is 18.4 Å². The molecular weight excluding hydrogens is 218 g/mol. The van der Waals surface area contributed by atoms with Crippen molar-refractivity contribution in [2.75, 3.05) is 13.2 Å². The van der Waals surface area contributed by atoms with Crippen molar-refractivity contribution < 1.29 is 4.74 Å². The molecular formula is C13H15NOS. The maximum absolute atomic E-state index is 4.94. The Balaban J connectivity index is 0.000000162. The molecule has 0 spiro atoms. The monoisotopic (exact) mass is 233 g/mol. The fourth-order valence-corrected chi connectivity index (χ4v) is 2.10. The molecule has 1 aromatic carbocycles. The minimum Gasteiger partial charge on any atom is -0.381 e. The highest BCUT2D eigenvalue weighted by Crippen LogP contribution is 2.20. The molecule has 2 heterocycles. The SMILES string of the molecule is C1CCOC1.c1ccc(-c2nccs2)cc1. The normalized spacial score (nSPS) is 14.2. The number of hydrogen-bond acceptors (Lipinski definition) is 3. The van der Waals surface area contributed by atoms with Crippen LogP contribution >= 0.6 is 11.3 Å². The lowest BCUT2D eigenvalue weighted by atomic mass is 10.2. The van der Waals surface area contributed by atoms with Gasteiger partial charge in [-0.3, -0.25) is 0 Å². The number of benzene rings is 1. The van der Waals surface area contributed by atoms with Crippen LogP contribution in [0, 0.1) is 0 Å². The molecule has 16 heavy (non-hydrogen) atoms. The summed E-state index contributed by atoms with van der Waals surface area (Å²) in [4.78, 5) is 4.20. The van der Waals surface area contributed by atoms with Crippen molar-refractivity contribution >= 4 is 11.3 Å². The van der Waals surface area contributed by atoms with Gasteiger partial charge in [0.05, 0.1) is 0 Å². The summed E-state index contributed by atoms with van der Waals surface area (Å²) in [5, 5.41) is 3.08. The number of ether oxygens (including phenoxy) is 1. The van der Waals surface area contributed by atoms with Gasteiger partial charge in [-0.05, 0) is 12.8 Å². The fraction of sp³-hybridized carbons (Fsp3) is 0.308. The maximum atomic E-state index is 4.94. The molecule has 0 aliphatic carbocycles. The Morgan fingerprint density at radius 3 is 2.31 bits per heavy atom. The largest absolute Gasteiger partial charge is 0.381 e. The van der Waals surface area contributed by atoms with Gasteiger partial charge in [0.25, 0.3) is 0 Å². The molecule has 2 nitrogen and oxygen atoms in total. The number of nitrogens with zero attached hydrogens (tertiary/aromatic N) is 1.